The average Bonchev–Trinajstić information content (AvgIpc) is 2.98. The third-order valence-electron chi connectivity index (χ3n) is 6.48. The van der Waals surface area contributed by atoms with Crippen LogP contribution in [0, 0.1) is 5.92 Å². The van der Waals surface area contributed by atoms with Crippen molar-refractivity contribution in [1.82, 2.24) is 10.2 Å². The predicted octanol–water partition coefficient (Wildman–Crippen LogP) is 5.24. The van der Waals surface area contributed by atoms with Crippen molar-refractivity contribution in [2.24, 2.45) is 5.92 Å². The number of nitrogens with zero attached hydrogens (tertiary/aromatic N) is 2. The van der Waals surface area contributed by atoms with Crippen molar-refractivity contribution in [2.45, 2.75) is 45.2 Å². The molecule has 226 valence electrons. The molecular formula is C31H38BrN3O6S. The summed E-state index contributed by atoms with van der Waals surface area (Å²) in [5.74, 6) is 0.589. The number of halogens is 1. The van der Waals surface area contributed by atoms with E-state index in [2.05, 4.69) is 21.2 Å². The second-order valence-electron chi connectivity index (χ2n) is 10.1. The third kappa shape index (κ3) is 8.72. The summed E-state index contributed by atoms with van der Waals surface area (Å²) in [6.45, 7) is 7.92. The summed E-state index contributed by atoms with van der Waals surface area (Å²) in [5.41, 5.74) is 1.05. The van der Waals surface area contributed by atoms with Crippen LogP contribution >= 0.6 is 15.9 Å². The van der Waals surface area contributed by atoms with Crippen molar-refractivity contribution in [2.75, 3.05) is 31.1 Å². The molecule has 0 saturated carbocycles. The van der Waals surface area contributed by atoms with Gasteiger partial charge in [-0.25, -0.2) is 8.42 Å². The number of amides is 2. The van der Waals surface area contributed by atoms with Gasteiger partial charge in [-0.2, -0.15) is 0 Å². The van der Waals surface area contributed by atoms with Crippen LogP contribution in [0.4, 0.5) is 5.69 Å². The summed E-state index contributed by atoms with van der Waals surface area (Å²) in [5, 5.41) is 2.88. The predicted molar refractivity (Wildman–Crippen MR) is 167 cm³/mol. The molecular weight excluding hydrogens is 622 g/mol. The molecule has 3 aromatic rings. The highest BCUT2D eigenvalue weighted by Gasteiger charge is 2.32. The Morgan fingerprint density at radius 1 is 0.905 bits per heavy atom. The Morgan fingerprint density at radius 2 is 1.50 bits per heavy atom. The monoisotopic (exact) mass is 659 g/mol. The molecule has 0 aliphatic heterocycles. The molecule has 0 bridgehead atoms. The molecule has 11 heteroatoms. The van der Waals surface area contributed by atoms with Gasteiger partial charge in [0, 0.05) is 17.6 Å². The van der Waals surface area contributed by atoms with Gasteiger partial charge in [0.2, 0.25) is 11.8 Å². The molecule has 3 aromatic carbocycles. The van der Waals surface area contributed by atoms with Crippen LogP contribution in [0.5, 0.6) is 11.5 Å². The number of carbonyl (C=O) groups excluding carboxylic acids is 2. The summed E-state index contributed by atoms with van der Waals surface area (Å²) in [6.07, 6.45) is 0. The second kappa shape index (κ2) is 15.1. The Kier molecular flexibility index (Phi) is 11.8. The number of ether oxygens (including phenoxy) is 2. The smallest absolute Gasteiger partial charge is 0.264 e. The van der Waals surface area contributed by atoms with Gasteiger partial charge in [0.25, 0.3) is 10.0 Å². The molecule has 0 unspecified atom stereocenters. The number of benzene rings is 3. The minimum atomic E-state index is -4.17. The van der Waals surface area contributed by atoms with Gasteiger partial charge in [0.15, 0.2) is 0 Å². The summed E-state index contributed by atoms with van der Waals surface area (Å²) in [6, 6.07) is 19.0. The van der Waals surface area contributed by atoms with Crippen LogP contribution in [0.3, 0.4) is 0 Å². The fourth-order valence-corrected chi connectivity index (χ4v) is 5.78. The van der Waals surface area contributed by atoms with Crippen molar-refractivity contribution in [3.8, 4) is 11.5 Å². The van der Waals surface area contributed by atoms with Crippen LogP contribution in [0.25, 0.3) is 0 Å². The maximum absolute atomic E-state index is 14.0. The molecule has 0 aromatic heterocycles. The quantitative estimate of drug-likeness (QED) is 0.254. The first-order valence-corrected chi connectivity index (χ1v) is 15.9. The Balaban J connectivity index is 2.01. The SMILES string of the molecule is CCOc1ccc(N(CC(=O)N(Cc2ccc(OC)cc2)[C@@H](C)C(=O)NCC(C)C)S(=O)(=O)c2ccc(Br)cc2)cc1. The van der Waals surface area contributed by atoms with Crippen LogP contribution in [-0.4, -0.2) is 58.0 Å². The highest BCUT2D eigenvalue weighted by atomic mass is 79.9. The molecule has 0 heterocycles. The number of carbonyl (C=O) groups is 2. The van der Waals surface area contributed by atoms with Crippen LogP contribution in [0.15, 0.2) is 82.2 Å². The number of sulfonamides is 1. The van der Waals surface area contributed by atoms with E-state index in [1.807, 2.05) is 20.8 Å². The minimum absolute atomic E-state index is 0.0248. The topological polar surface area (TPSA) is 105 Å². The first-order valence-electron chi connectivity index (χ1n) is 13.7. The molecule has 2 amide bonds. The molecule has 0 aliphatic rings. The van der Waals surface area contributed by atoms with E-state index < -0.39 is 28.5 Å². The van der Waals surface area contributed by atoms with E-state index in [1.165, 1.54) is 17.0 Å². The fourth-order valence-electron chi connectivity index (χ4n) is 4.10. The van der Waals surface area contributed by atoms with Crippen LogP contribution in [-0.2, 0) is 26.2 Å². The Labute approximate surface area is 257 Å². The van der Waals surface area contributed by atoms with Crippen LogP contribution < -0.4 is 19.1 Å². The largest absolute Gasteiger partial charge is 0.497 e. The van der Waals surface area contributed by atoms with Crippen molar-refractivity contribution >= 4 is 43.5 Å². The van der Waals surface area contributed by atoms with Gasteiger partial charge in [0.05, 0.1) is 24.3 Å². The zero-order chi connectivity index (χ0) is 30.9. The van der Waals surface area contributed by atoms with Gasteiger partial charge in [-0.3, -0.25) is 13.9 Å². The molecule has 0 spiro atoms. The van der Waals surface area contributed by atoms with E-state index in [1.54, 1.807) is 74.7 Å². The molecule has 1 N–H and O–H groups in total. The maximum atomic E-state index is 14.0. The Bertz CT molecular complexity index is 1430. The van der Waals surface area contributed by atoms with E-state index in [-0.39, 0.29) is 29.0 Å². The molecule has 0 aliphatic carbocycles. The second-order valence-corrected chi connectivity index (χ2v) is 12.9. The highest BCUT2D eigenvalue weighted by Crippen LogP contribution is 2.27. The summed E-state index contributed by atoms with van der Waals surface area (Å²) >= 11 is 3.34. The number of hydrogen-bond acceptors (Lipinski definition) is 6. The number of methoxy groups -OCH3 is 1. The lowest BCUT2D eigenvalue weighted by molar-refractivity contribution is -0.139. The number of nitrogens with one attached hydrogen (secondary N) is 1. The van der Waals surface area contributed by atoms with E-state index in [4.69, 9.17) is 9.47 Å². The van der Waals surface area contributed by atoms with Gasteiger partial charge in [0.1, 0.15) is 24.1 Å². The molecule has 0 radical (unpaired) electrons. The molecule has 0 fully saturated rings. The van der Waals surface area contributed by atoms with Gasteiger partial charge >= 0.3 is 0 Å². The van der Waals surface area contributed by atoms with E-state index in [9.17, 15) is 18.0 Å². The van der Waals surface area contributed by atoms with Crippen molar-refractivity contribution in [3.05, 3.63) is 82.8 Å². The van der Waals surface area contributed by atoms with Gasteiger partial charge in [-0.15, -0.1) is 0 Å². The maximum Gasteiger partial charge on any atom is 0.264 e. The zero-order valence-corrected chi connectivity index (χ0v) is 26.9. The molecule has 1 atom stereocenters. The standard InChI is InChI=1S/C31H38BrN3O6S/c1-6-41-28-15-11-26(12-16-28)35(42(38,39)29-17-9-25(32)10-18-29)21-30(36)34(23(4)31(37)33-19-22(2)3)20-24-7-13-27(40-5)14-8-24/h7-18,22-23H,6,19-21H2,1-5H3,(H,33,37)/t23-/m0/s1. The lowest BCUT2D eigenvalue weighted by Crippen LogP contribution is -2.51. The molecule has 3 rings (SSSR count). The van der Waals surface area contributed by atoms with Crippen LogP contribution in [0.2, 0.25) is 0 Å². The fraction of sp³-hybridized carbons (Fsp3) is 0.355. The molecule has 42 heavy (non-hydrogen) atoms. The van der Waals surface area contributed by atoms with Gasteiger partial charge in [-0.1, -0.05) is 41.9 Å². The van der Waals surface area contributed by atoms with Crippen molar-refractivity contribution < 1.29 is 27.5 Å². The number of hydrogen-bond donors (Lipinski definition) is 1. The highest BCUT2D eigenvalue weighted by molar-refractivity contribution is 9.10. The summed E-state index contributed by atoms with van der Waals surface area (Å²) in [4.78, 5) is 28.6. The average molecular weight is 661 g/mol. The third-order valence-corrected chi connectivity index (χ3v) is 8.80. The summed E-state index contributed by atoms with van der Waals surface area (Å²) < 4.78 is 40.4. The summed E-state index contributed by atoms with van der Waals surface area (Å²) in [7, 11) is -2.60. The van der Waals surface area contributed by atoms with Gasteiger partial charge in [-0.05, 0) is 86.0 Å². The molecule has 0 saturated heterocycles. The zero-order valence-electron chi connectivity index (χ0n) is 24.5. The minimum Gasteiger partial charge on any atom is -0.497 e. The van der Waals surface area contributed by atoms with Crippen molar-refractivity contribution in [3.63, 3.8) is 0 Å². The first kappa shape index (κ1) is 32.9. The van der Waals surface area contributed by atoms with Crippen molar-refractivity contribution in [1.29, 1.82) is 0 Å². The van der Waals surface area contributed by atoms with E-state index in [0.717, 1.165) is 14.3 Å². The van der Waals surface area contributed by atoms with Gasteiger partial charge < -0.3 is 19.7 Å². The van der Waals surface area contributed by atoms with E-state index in [0.29, 0.717) is 24.7 Å². The van der Waals surface area contributed by atoms with E-state index >= 15 is 0 Å². The van der Waals surface area contributed by atoms with Crippen LogP contribution in [0.1, 0.15) is 33.3 Å². The normalized spacial score (nSPS) is 12.0. The first-order chi connectivity index (χ1) is 20.0. The number of rotatable bonds is 14. The number of anilines is 1. The Morgan fingerprint density at radius 3 is 2.05 bits per heavy atom. The molecule has 9 nitrogen and oxygen atoms in total. The Hall–Kier alpha value is -3.57. The lowest BCUT2D eigenvalue weighted by Gasteiger charge is -2.32. The lowest BCUT2D eigenvalue weighted by atomic mass is 10.1.